The van der Waals surface area contributed by atoms with Gasteiger partial charge in [0.2, 0.25) is 0 Å². The Balaban J connectivity index is 1.25. The second-order valence-corrected chi connectivity index (χ2v) is 10.3. The van der Waals surface area contributed by atoms with Crippen LogP contribution < -0.4 is 0 Å². The average Bonchev–Trinajstić information content (AvgIpc) is 3.41. The van der Waals surface area contributed by atoms with E-state index in [1.165, 1.54) is 12.8 Å². The van der Waals surface area contributed by atoms with Gasteiger partial charge in [0.1, 0.15) is 17.2 Å². The van der Waals surface area contributed by atoms with Gasteiger partial charge >= 0.3 is 0 Å². The van der Waals surface area contributed by atoms with Gasteiger partial charge in [0.15, 0.2) is 5.65 Å². The van der Waals surface area contributed by atoms with Crippen molar-refractivity contribution in [2.75, 3.05) is 6.61 Å². The van der Waals surface area contributed by atoms with Crippen LogP contribution in [0, 0.1) is 13.8 Å². The summed E-state index contributed by atoms with van der Waals surface area (Å²) in [5, 5.41) is 4.58. The van der Waals surface area contributed by atoms with Crippen LogP contribution in [0.3, 0.4) is 0 Å². The molecule has 1 saturated heterocycles. The van der Waals surface area contributed by atoms with Crippen molar-refractivity contribution in [3.05, 3.63) is 59.1 Å². The summed E-state index contributed by atoms with van der Waals surface area (Å²) in [7, 11) is 0. The number of nitrogens with zero attached hydrogens (tertiary/aromatic N) is 8. The maximum Gasteiger partial charge on any atom is 0.182 e. The van der Waals surface area contributed by atoms with E-state index in [0.717, 1.165) is 72.0 Å². The maximum atomic E-state index is 6.18. The van der Waals surface area contributed by atoms with Gasteiger partial charge < -0.3 is 9.30 Å². The van der Waals surface area contributed by atoms with Crippen molar-refractivity contribution in [1.29, 1.82) is 0 Å². The van der Waals surface area contributed by atoms with Crippen molar-refractivity contribution < 1.29 is 4.74 Å². The Bertz CT molecular complexity index is 1400. The zero-order valence-corrected chi connectivity index (χ0v) is 20.3. The van der Waals surface area contributed by atoms with E-state index < -0.39 is 0 Å². The van der Waals surface area contributed by atoms with Crippen LogP contribution in [0.5, 0.6) is 0 Å². The smallest absolute Gasteiger partial charge is 0.182 e. The molecule has 4 aromatic rings. The van der Waals surface area contributed by atoms with Crippen LogP contribution in [0.2, 0.25) is 0 Å². The van der Waals surface area contributed by atoms with E-state index in [4.69, 9.17) is 24.7 Å². The van der Waals surface area contributed by atoms with Crippen LogP contribution in [0.25, 0.3) is 11.2 Å². The van der Waals surface area contributed by atoms with Gasteiger partial charge in [-0.15, -0.1) is 0 Å². The van der Waals surface area contributed by atoms with E-state index in [0.29, 0.717) is 18.3 Å². The Morgan fingerprint density at radius 1 is 0.971 bits per heavy atom. The highest BCUT2D eigenvalue weighted by molar-refractivity contribution is 5.73. The van der Waals surface area contributed by atoms with Gasteiger partial charge in [0.05, 0.1) is 35.4 Å². The first-order valence-electron chi connectivity index (χ1n) is 12.8. The number of aryl methyl sites for hydroxylation is 3. The third-order valence-electron chi connectivity index (χ3n) is 7.89. The standard InChI is InChI=1S/C26H30N8O/c1-15-16(2)30-26-24(29-15)23(17-5-8-33-9-7-27-22(33)12-17)31-25(32-26)18-6-10-35-21(11-18)19-13-28-34(14-19)20-3-4-20/h7,9,13-14,17-18,20-21H,3-6,8,10-12H2,1-2H3/t17?,18-,21+/m1/s1. The van der Waals surface area contributed by atoms with Gasteiger partial charge in [-0.2, -0.15) is 5.10 Å². The van der Waals surface area contributed by atoms with Crippen molar-refractivity contribution in [2.24, 2.45) is 0 Å². The minimum Gasteiger partial charge on any atom is -0.373 e. The fraction of sp³-hybridized carbons (Fsp3) is 0.538. The van der Waals surface area contributed by atoms with Crippen LogP contribution in [0.4, 0.5) is 0 Å². The van der Waals surface area contributed by atoms with Gasteiger partial charge in [0.25, 0.3) is 0 Å². The Hall–Kier alpha value is -3.20. The molecule has 1 saturated carbocycles. The lowest BCUT2D eigenvalue weighted by atomic mass is 9.90. The summed E-state index contributed by atoms with van der Waals surface area (Å²) >= 11 is 0. The third-order valence-corrected chi connectivity index (χ3v) is 7.89. The van der Waals surface area contributed by atoms with Crippen LogP contribution in [-0.4, -0.2) is 45.9 Å². The lowest BCUT2D eigenvalue weighted by molar-refractivity contribution is 0.00391. The normalized spacial score (nSPS) is 24.6. The quantitative estimate of drug-likeness (QED) is 0.442. The molecule has 0 N–H and O–H groups in total. The minimum atomic E-state index is 0.0250. The topological polar surface area (TPSA) is 96.4 Å². The van der Waals surface area contributed by atoms with E-state index in [1.807, 2.05) is 26.2 Å². The molecule has 0 spiro atoms. The second kappa shape index (κ2) is 8.19. The minimum absolute atomic E-state index is 0.0250. The molecule has 0 radical (unpaired) electrons. The second-order valence-electron chi connectivity index (χ2n) is 10.3. The molecule has 9 heteroatoms. The molecule has 1 aliphatic carbocycles. The van der Waals surface area contributed by atoms with E-state index in [1.54, 1.807) is 0 Å². The first-order valence-corrected chi connectivity index (χ1v) is 12.8. The fourth-order valence-electron chi connectivity index (χ4n) is 5.52. The van der Waals surface area contributed by atoms with E-state index in [9.17, 15) is 0 Å². The number of hydrogen-bond acceptors (Lipinski definition) is 7. The van der Waals surface area contributed by atoms with Crippen molar-refractivity contribution in [2.45, 2.75) is 82.9 Å². The number of imidazole rings is 1. The molecule has 4 aromatic heterocycles. The van der Waals surface area contributed by atoms with Crippen LogP contribution in [0.1, 0.15) is 90.4 Å². The van der Waals surface area contributed by atoms with Gasteiger partial charge in [-0.25, -0.2) is 24.9 Å². The summed E-state index contributed by atoms with van der Waals surface area (Å²) in [6.07, 6.45) is 14.2. The molecule has 2 aliphatic heterocycles. The zero-order valence-electron chi connectivity index (χ0n) is 20.3. The predicted molar refractivity (Wildman–Crippen MR) is 129 cm³/mol. The van der Waals surface area contributed by atoms with E-state index in [-0.39, 0.29) is 17.9 Å². The average molecular weight is 471 g/mol. The summed E-state index contributed by atoms with van der Waals surface area (Å²) in [6.45, 7) is 5.66. The van der Waals surface area contributed by atoms with Crippen LogP contribution in [0.15, 0.2) is 24.8 Å². The SMILES string of the molecule is Cc1nc2nc([C@@H]3CCO[C@H](c4cnn(C5CC5)c4)C3)nc(C3CCn4ccnc4C3)c2nc1C. The van der Waals surface area contributed by atoms with Crippen molar-refractivity contribution in [3.8, 4) is 0 Å². The Kier molecular flexibility index (Phi) is 4.94. The lowest BCUT2D eigenvalue weighted by Gasteiger charge is -2.29. The molecule has 3 aliphatic rings. The summed E-state index contributed by atoms with van der Waals surface area (Å²) in [5.74, 6) is 2.47. The van der Waals surface area contributed by atoms with E-state index in [2.05, 4.69) is 31.7 Å². The fourth-order valence-corrected chi connectivity index (χ4v) is 5.52. The van der Waals surface area contributed by atoms with Crippen molar-refractivity contribution in [1.82, 2.24) is 39.3 Å². The highest BCUT2D eigenvalue weighted by Gasteiger charge is 2.32. The number of aromatic nitrogens is 8. The van der Waals surface area contributed by atoms with E-state index >= 15 is 0 Å². The lowest BCUT2D eigenvalue weighted by Crippen LogP contribution is -2.23. The summed E-state index contributed by atoms with van der Waals surface area (Å²) in [5.41, 5.74) is 5.60. The molecule has 3 atom stereocenters. The molecule has 9 nitrogen and oxygen atoms in total. The zero-order chi connectivity index (χ0) is 23.5. The van der Waals surface area contributed by atoms with Crippen LogP contribution in [-0.2, 0) is 17.7 Å². The molecular weight excluding hydrogens is 440 g/mol. The number of fused-ring (bicyclic) bond motifs is 2. The largest absolute Gasteiger partial charge is 0.373 e. The molecule has 7 rings (SSSR count). The summed E-state index contributed by atoms with van der Waals surface area (Å²) < 4.78 is 10.5. The molecule has 2 fully saturated rings. The molecule has 0 amide bonds. The molecule has 0 bridgehead atoms. The van der Waals surface area contributed by atoms with Gasteiger partial charge in [-0.1, -0.05) is 0 Å². The monoisotopic (exact) mass is 470 g/mol. The molecule has 35 heavy (non-hydrogen) atoms. The molecule has 6 heterocycles. The van der Waals surface area contributed by atoms with Crippen molar-refractivity contribution in [3.63, 3.8) is 0 Å². The van der Waals surface area contributed by atoms with Gasteiger partial charge in [-0.05, 0) is 46.0 Å². The number of hydrogen-bond donors (Lipinski definition) is 0. The maximum absolute atomic E-state index is 6.18. The van der Waals surface area contributed by atoms with Crippen LogP contribution >= 0.6 is 0 Å². The first-order chi connectivity index (χ1) is 17.1. The van der Waals surface area contributed by atoms with Crippen molar-refractivity contribution >= 4 is 11.2 Å². The highest BCUT2D eigenvalue weighted by Crippen LogP contribution is 2.40. The Morgan fingerprint density at radius 3 is 2.74 bits per heavy atom. The number of rotatable bonds is 4. The van der Waals surface area contributed by atoms with Gasteiger partial charge in [0, 0.05) is 55.6 Å². The third kappa shape index (κ3) is 3.82. The molecule has 180 valence electrons. The summed E-state index contributed by atoms with van der Waals surface area (Å²) in [6, 6.07) is 0.575. The van der Waals surface area contributed by atoms with Gasteiger partial charge in [-0.3, -0.25) is 4.68 Å². The Morgan fingerprint density at radius 2 is 1.86 bits per heavy atom. The predicted octanol–water partition coefficient (Wildman–Crippen LogP) is 4.13. The Labute approximate surface area is 204 Å². The first kappa shape index (κ1) is 21.1. The molecular formula is C26H30N8O. The number of ether oxygens (including phenoxy) is 1. The molecule has 0 aromatic carbocycles. The summed E-state index contributed by atoms with van der Waals surface area (Å²) in [4.78, 5) is 24.5. The highest BCUT2D eigenvalue weighted by atomic mass is 16.5. The molecule has 1 unspecified atom stereocenters.